The van der Waals surface area contributed by atoms with Crippen molar-refractivity contribution < 1.29 is 4.79 Å². The van der Waals surface area contributed by atoms with Crippen LogP contribution >= 0.6 is 0 Å². The zero-order chi connectivity index (χ0) is 16.9. The van der Waals surface area contributed by atoms with E-state index in [4.69, 9.17) is 0 Å². The number of hydrogen-bond donors (Lipinski definition) is 1. The van der Waals surface area contributed by atoms with E-state index in [1.807, 2.05) is 29.8 Å². The van der Waals surface area contributed by atoms with Crippen molar-refractivity contribution in [1.82, 2.24) is 19.9 Å². The summed E-state index contributed by atoms with van der Waals surface area (Å²) < 4.78 is 2.01. The van der Waals surface area contributed by atoms with Gasteiger partial charge in [0.05, 0.1) is 17.4 Å². The number of benzene rings is 1. The van der Waals surface area contributed by atoms with Crippen LogP contribution in [0.5, 0.6) is 0 Å². The third-order valence-electron chi connectivity index (χ3n) is 4.09. The molecule has 5 heteroatoms. The predicted molar refractivity (Wildman–Crippen MR) is 95.0 cm³/mol. The largest absolute Gasteiger partial charge is 0.352 e. The lowest BCUT2D eigenvalue weighted by molar-refractivity contribution is 0.0954. The molecule has 124 valence electrons. The van der Waals surface area contributed by atoms with Gasteiger partial charge in [-0.05, 0) is 43.5 Å². The number of carbonyl (C=O) groups is 1. The van der Waals surface area contributed by atoms with E-state index in [-0.39, 0.29) is 5.91 Å². The van der Waals surface area contributed by atoms with Gasteiger partial charge in [-0.3, -0.25) is 9.78 Å². The smallest absolute Gasteiger partial charge is 0.252 e. The van der Waals surface area contributed by atoms with Crippen molar-refractivity contribution in [2.24, 2.45) is 0 Å². The molecule has 24 heavy (non-hydrogen) atoms. The zero-order valence-corrected chi connectivity index (χ0v) is 14.1. The fraction of sp³-hybridized carbons (Fsp3) is 0.316. The van der Waals surface area contributed by atoms with Crippen LogP contribution in [0.15, 0.2) is 43.0 Å². The first-order valence-corrected chi connectivity index (χ1v) is 8.31. The summed E-state index contributed by atoms with van der Waals surface area (Å²) in [5, 5.41) is 3.94. The second kappa shape index (κ2) is 7.25. The van der Waals surface area contributed by atoms with E-state index in [2.05, 4.69) is 34.3 Å². The summed E-state index contributed by atoms with van der Waals surface area (Å²) in [6, 6.07) is 8.01. The summed E-state index contributed by atoms with van der Waals surface area (Å²) in [5.41, 5.74) is 3.64. The molecule has 0 aliphatic carbocycles. The van der Waals surface area contributed by atoms with Crippen molar-refractivity contribution >= 4 is 16.8 Å². The molecule has 0 fully saturated rings. The summed E-state index contributed by atoms with van der Waals surface area (Å²) in [6.07, 6.45) is 7.28. The molecule has 1 N–H and O–H groups in total. The van der Waals surface area contributed by atoms with Crippen LogP contribution in [0.3, 0.4) is 0 Å². The molecule has 1 amide bonds. The standard InChI is InChI=1S/C19H22N4O/c1-3-15-5-6-18-16(12-15)17(11-14(2)22-18)19(24)21-7-4-9-23-10-8-20-13-23/h5-6,8,10-13H,3-4,7,9H2,1-2H3,(H,21,24). The van der Waals surface area contributed by atoms with Gasteiger partial charge in [-0.25, -0.2) is 4.98 Å². The Morgan fingerprint density at radius 3 is 2.92 bits per heavy atom. The van der Waals surface area contributed by atoms with Crippen molar-refractivity contribution in [2.75, 3.05) is 6.54 Å². The van der Waals surface area contributed by atoms with Crippen LogP contribution in [0.2, 0.25) is 0 Å². The fourth-order valence-corrected chi connectivity index (χ4v) is 2.79. The van der Waals surface area contributed by atoms with Crippen LogP contribution in [0.25, 0.3) is 10.9 Å². The molecule has 0 atom stereocenters. The van der Waals surface area contributed by atoms with E-state index in [1.165, 1.54) is 5.56 Å². The molecule has 3 rings (SSSR count). The monoisotopic (exact) mass is 322 g/mol. The van der Waals surface area contributed by atoms with E-state index in [0.717, 1.165) is 36.0 Å². The van der Waals surface area contributed by atoms with Gasteiger partial charge in [0.1, 0.15) is 0 Å². The summed E-state index contributed by atoms with van der Waals surface area (Å²) in [4.78, 5) is 21.2. The SMILES string of the molecule is CCc1ccc2nc(C)cc(C(=O)NCCCn3ccnc3)c2c1. The molecule has 0 aliphatic heterocycles. The van der Waals surface area contributed by atoms with Crippen molar-refractivity contribution in [3.8, 4) is 0 Å². The van der Waals surface area contributed by atoms with Crippen LogP contribution in [-0.4, -0.2) is 27.0 Å². The predicted octanol–water partition coefficient (Wildman–Crippen LogP) is 3.12. The van der Waals surface area contributed by atoms with E-state index >= 15 is 0 Å². The molecule has 0 aliphatic rings. The maximum absolute atomic E-state index is 12.6. The van der Waals surface area contributed by atoms with Gasteiger partial charge in [-0.2, -0.15) is 0 Å². The topological polar surface area (TPSA) is 59.8 Å². The summed E-state index contributed by atoms with van der Waals surface area (Å²) in [7, 11) is 0. The van der Waals surface area contributed by atoms with Gasteiger partial charge in [0.15, 0.2) is 0 Å². The minimum Gasteiger partial charge on any atom is -0.352 e. The third-order valence-corrected chi connectivity index (χ3v) is 4.09. The molecule has 5 nitrogen and oxygen atoms in total. The Bertz CT molecular complexity index is 840. The number of nitrogens with one attached hydrogen (secondary N) is 1. The van der Waals surface area contributed by atoms with Gasteiger partial charge in [-0.1, -0.05) is 13.0 Å². The summed E-state index contributed by atoms with van der Waals surface area (Å²) >= 11 is 0. The Morgan fingerprint density at radius 1 is 1.29 bits per heavy atom. The number of amides is 1. The first kappa shape index (κ1) is 16.2. The first-order chi connectivity index (χ1) is 11.7. The Hall–Kier alpha value is -2.69. The van der Waals surface area contributed by atoms with Crippen molar-refractivity contribution in [1.29, 1.82) is 0 Å². The van der Waals surface area contributed by atoms with Crippen LogP contribution in [0.4, 0.5) is 0 Å². The lowest BCUT2D eigenvalue weighted by Gasteiger charge is -2.10. The Labute approximate surface area is 141 Å². The van der Waals surface area contributed by atoms with Gasteiger partial charge in [0.2, 0.25) is 0 Å². The number of nitrogens with zero attached hydrogens (tertiary/aromatic N) is 3. The minimum atomic E-state index is -0.0376. The number of pyridine rings is 1. The van der Waals surface area contributed by atoms with Crippen LogP contribution in [-0.2, 0) is 13.0 Å². The average molecular weight is 322 g/mol. The number of aromatic nitrogens is 3. The number of carbonyl (C=O) groups excluding carboxylic acids is 1. The lowest BCUT2D eigenvalue weighted by Crippen LogP contribution is -2.25. The van der Waals surface area contributed by atoms with Gasteiger partial charge in [0, 0.05) is 36.6 Å². The van der Waals surface area contributed by atoms with E-state index in [9.17, 15) is 4.79 Å². The number of aryl methyl sites for hydroxylation is 3. The molecule has 0 bridgehead atoms. The van der Waals surface area contributed by atoms with Gasteiger partial charge in [0.25, 0.3) is 5.91 Å². The van der Waals surface area contributed by atoms with Gasteiger partial charge >= 0.3 is 0 Å². The van der Waals surface area contributed by atoms with Gasteiger partial charge in [-0.15, -0.1) is 0 Å². The summed E-state index contributed by atoms with van der Waals surface area (Å²) in [6.45, 7) is 5.51. The molecule has 0 saturated heterocycles. The molecular weight excluding hydrogens is 300 g/mol. The highest BCUT2D eigenvalue weighted by atomic mass is 16.1. The highest BCUT2D eigenvalue weighted by molar-refractivity contribution is 6.06. The zero-order valence-electron chi connectivity index (χ0n) is 14.1. The third kappa shape index (κ3) is 3.62. The van der Waals surface area contributed by atoms with Crippen LogP contribution in [0.1, 0.15) is 35.0 Å². The quantitative estimate of drug-likeness (QED) is 0.709. The molecule has 1 aromatic carbocycles. The molecule has 2 heterocycles. The van der Waals surface area contributed by atoms with E-state index in [1.54, 1.807) is 12.5 Å². The normalized spacial score (nSPS) is 10.9. The van der Waals surface area contributed by atoms with Gasteiger partial charge < -0.3 is 9.88 Å². The van der Waals surface area contributed by atoms with Crippen molar-refractivity contribution in [2.45, 2.75) is 33.2 Å². The van der Waals surface area contributed by atoms with E-state index < -0.39 is 0 Å². The molecule has 0 saturated carbocycles. The molecule has 0 radical (unpaired) electrons. The van der Waals surface area contributed by atoms with Crippen LogP contribution in [0, 0.1) is 6.92 Å². The molecule has 0 unspecified atom stereocenters. The number of hydrogen-bond acceptors (Lipinski definition) is 3. The minimum absolute atomic E-state index is 0.0376. The Balaban J connectivity index is 1.73. The maximum atomic E-state index is 12.6. The Kier molecular flexibility index (Phi) is 4.89. The maximum Gasteiger partial charge on any atom is 0.252 e. The first-order valence-electron chi connectivity index (χ1n) is 8.31. The van der Waals surface area contributed by atoms with Crippen molar-refractivity contribution in [3.05, 3.63) is 59.8 Å². The van der Waals surface area contributed by atoms with E-state index in [0.29, 0.717) is 12.1 Å². The van der Waals surface area contributed by atoms with Crippen molar-refractivity contribution in [3.63, 3.8) is 0 Å². The number of imidazole rings is 1. The number of rotatable bonds is 6. The Morgan fingerprint density at radius 2 is 2.17 bits per heavy atom. The second-order valence-electron chi connectivity index (χ2n) is 5.93. The fourth-order valence-electron chi connectivity index (χ4n) is 2.79. The lowest BCUT2D eigenvalue weighted by atomic mass is 10.0. The highest BCUT2D eigenvalue weighted by Gasteiger charge is 2.12. The van der Waals surface area contributed by atoms with Crippen LogP contribution < -0.4 is 5.32 Å². The summed E-state index contributed by atoms with van der Waals surface area (Å²) in [5.74, 6) is -0.0376. The highest BCUT2D eigenvalue weighted by Crippen LogP contribution is 2.20. The molecular formula is C19H22N4O. The second-order valence-corrected chi connectivity index (χ2v) is 5.93. The average Bonchev–Trinajstić information content (AvgIpc) is 3.10. The molecule has 0 spiro atoms. The molecule has 2 aromatic heterocycles. The number of fused-ring (bicyclic) bond motifs is 1. The molecule has 3 aromatic rings.